The van der Waals surface area contributed by atoms with Crippen LogP contribution in [0.25, 0.3) is 0 Å². The summed E-state index contributed by atoms with van der Waals surface area (Å²) in [5.41, 5.74) is 6.29. The molecule has 2 aromatic rings. The molecule has 3 N–H and O–H groups in total. The number of aromatic amines is 1. The molecular weight excluding hydrogens is 358 g/mol. The van der Waals surface area contributed by atoms with Gasteiger partial charge in [-0.3, -0.25) is 20.4 Å². The van der Waals surface area contributed by atoms with E-state index in [1.807, 2.05) is 44.2 Å². The van der Waals surface area contributed by atoms with E-state index < -0.39 is 0 Å². The average molecular weight is 378 g/mol. The van der Waals surface area contributed by atoms with Gasteiger partial charge >= 0.3 is 0 Å². The van der Waals surface area contributed by atoms with Gasteiger partial charge in [0.2, 0.25) is 5.91 Å². The third kappa shape index (κ3) is 4.45. The van der Waals surface area contributed by atoms with Crippen molar-refractivity contribution in [2.75, 3.05) is 0 Å². The van der Waals surface area contributed by atoms with E-state index in [-0.39, 0.29) is 23.7 Å². The van der Waals surface area contributed by atoms with Crippen molar-refractivity contribution in [2.24, 2.45) is 5.92 Å². The molecule has 23 heavy (non-hydrogen) atoms. The van der Waals surface area contributed by atoms with Gasteiger partial charge in [0.25, 0.3) is 5.91 Å². The fourth-order valence-electron chi connectivity index (χ4n) is 2.40. The Morgan fingerprint density at radius 1 is 1.22 bits per heavy atom. The normalized spacial score (nSPS) is 13.2. The summed E-state index contributed by atoms with van der Waals surface area (Å²) in [6.07, 6.45) is 2.52. The first kappa shape index (κ1) is 17.3. The maximum absolute atomic E-state index is 12.5. The van der Waals surface area contributed by atoms with Crippen molar-refractivity contribution >= 4 is 27.7 Å². The van der Waals surface area contributed by atoms with Gasteiger partial charge < -0.3 is 4.98 Å². The van der Waals surface area contributed by atoms with Crippen LogP contribution in [0.3, 0.4) is 0 Å². The largest absolute Gasteiger partial charge is 0.356 e. The fourth-order valence-corrected chi connectivity index (χ4v) is 2.74. The van der Waals surface area contributed by atoms with E-state index >= 15 is 0 Å². The maximum atomic E-state index is 12.5. The van der Waals surface area contributed by atoms with Crippen LogP contribution in [0.15, 0.2) is 47.1 Å². The molecule has 2 amide bonds. The minimum Gasteiger partial charge on any atom is -0.356 e. The number of rotatable bonds is 5. The smallest absolute Gasteiger partial charge is 0.286 e. The summed E-state index contributed by atoms with van der Waals surface area (Å²) in [6.45, 7) is 4.07. The summed E-state index contributed by atoms with van der Waals surface area (Å²) in [5, 5.41) is 0. The van der Waals surface area contributed by atoms with Crippen LogP contribution in [0.4, 0.5) is 0 Å². The standard InChI is InChI=1S/C17H20BrN3O2/c1-3-11(2)15(12-7-5-4-6-8-12)17(23)21-20-16(22)14-9-13(18)10-19-14/h4-11,15,19H,3H2,1-2H3,(H,20,22)(H,21,23). The number of hydrogen-bond acceptors (Lipinski definition) is 2. The molecule has 0 saturated carbocycles. The molecule has 2 rings (SSSR count). The average Bonchev–Trinajstić information content (AvgIpc) is 3.00. The number of amides is 2. The Kier molecular flexibility index (Phi) is 5.98. The van der Waals surface area contributed by atoms with Crippen LogP contribution < -0.4 is 10.9 Å². The lowest BCUT2D eigenvalue weighted by molar-refractivity contribution is -0.124. The quantitative estimate of drug-likeness (QED) is 0.698. The number of carbonyl (C=O) groups is 2. The SMILES string of the molecule is CCC(C)C(C(=O)NNC(=O)c1cc(Br)c[nH]1)c1ccccc1. The molecular formula is C17H20BrN3O2. The predicted molar refractivity (Wildman–Crippen MR) is 92.7 cm³/mol. The van der Waals surface area contributed by atoms with Crippen LogP contribution in [-0.4, -0.2) is 16.8 Å². The Morgan fingerprint density at radius 3 is 2.48 bits per heavy atom. The number of nitrogens with one attached hydrogen (secondary N) is 3. The first-order valence-electron chi connectivity index (χ1n) is 7.52. The lowest BCUT2D eigenvalue weighted by atomic mass is 9.85. The Bertz CT molecular complexity index is 669. The molecule has 2 unspecified atom stereocenters. The lowest BCUT2D eigenvalue weighted by Gasteiger charge is -2.22. The number of carbonyl (C=O) groups excluding carboxylic acids is 2. The molecule has 5 nitrogen and oxygen atoms in total. The van der Waals surface area contributed by atoms with Crippen molar-refractivity contribution in [3.05, 3.63) is 58.3 Å². The second-order valence-corrected chi connectivity index (χ2v) is 6.36. The van der Waals surface area contributed by atoms with Gasteiger partial charge in [0.15, 0.2) is 0 Å². The fraction of sp³-hybridized carbons (Fsp3) is 0.294. The van der Waals surface area contributed by atoms with Crippen LogP contribution in [0, 0.1) is 5.92 Å². The first-order chi connectivity index (χ1) is 11.0. The minimum absolute atomic E-state index is 0.161. The molecule has 6 heteroatoms. The topological polar surface area (TPSA) is 74.0 Å². The van der Waals surface area contributed by atoms with Crippen molar-refractivity contribution in [1.82, 2.24) is 15.8 Å². The monoisotopic (exact) mass is 377 g/mol. The summed E-state index contributed by atoms with van der Waals surface area (Å²) < 4.78 is 0.774. The Labute approximate surface area is 144 Å². The van der Waals surface area contributed by atoms with Crippen molar-refractivity contribution in [2.45, 2.75) is 26.2 Å². The van der Waals surface area contributed by atoms with E-state index in [4.69, 9.17) is 0 Å². The van der Waals surface area contributed by atoms with E-state index in [1.165, 1.54) is 0 Å². The summed E-state index contributed by atoms with van der Waals surface area (Å²) in [7, 11) is 0. The van der Waals surface area contributed by atoms with E-state index in [0.29, 0.717) is 5.69 Å². The second kappa shape index (κ2) is 7.97. The van der Waals surface area contributed by atoms with Gasteiger partial charge in [-0.1, -0.05) is 50.6 Å². The Morgan fingerprint density at radius 2 is 1.91 bits per heavy atom. The highest BCUT2D eigenvalue weighted by Gasteiger charge is 2.26. The summed E-state index contributed by atoms with van der Waals surface area (Å²) in [5.74, 6) is -0.754. The van der Waals surface area contributed by atoms with E-state index in [9.17, 15) is 9.59 Å². The van der Waals surface area contributed by atoms with Crippen LogP contribution in [0.2, 0.25) is 0 Å². The number of H-pyrrole nitrogens is 1. The molecule has 0 aliphatic rings. The molecule has 0 fully saturated rings. The van der Waals surface area contributed by atoms with Crippen LogP contribution >= 0.6 is 15.9 Å². The van der Waals surface area contributed by atoms with Crippen molar-refractivity contribution in [3.63, 3.8) is 0 Å². The molecule has 0 aliphatic carbocycles. The van der Waals surface area contributed by atoms with Gasteiger partial charge in [-0.25, -0.2) is 0 Å². The highest BCUT2D eigenvalue weighted by molar-refractivity contribution is 9.10. The molecule has 122 valence electrons. The van der Waals surface area contributed by atoms with Gasteiger partial charge in [0.1, 0.15) is 5.69 Å². The zero-order chi connectivity index (χ0) is 16.8. The molecule has 1 heterocycles. The number of benzene rings is 1. The third-order valence-corrected chi connectivity index (χ3v) is 4.30. The van der Waals surface area contributed by atoms with Gasteiger partial charge in [0.05, 0.1) is 5.92 Å². The number of aromatic nitrogens is 1. The molecule has 1 aromatic carbocycles. The van der Waals surface area contributed by atoms with Crippen LogP contribution in [-0.2, 0) is 4.79 Å². The predicted octanol–water partition coefficient (Wildman–Crippen LogP) is 3.37. The molecule has 0 spiro atoms. The summed E-state index contributed by atoms with van der Waals surface area (Å²) >= 11 is 3.26. The third-order valence-electron chi connectivity index (χ3n) is 3.85. The van der Waals surface area contributed by atoms with E-state index in [0.717, 1.165) is 16.5 Å². The van der Waals surface area contributed by atoms with Crippen molar-refractivity contribution in [1.29, 1.82) is 0 Å². The molecule has 0 radical (unpaired) electrons. The number of halogens is 1. The van der Waals surface area contributed by atoms with Crippen molar-refractivity contribution < 1.29 is 9.59 Å². The first-order valence-corrected chi connectivity index (χ1v) is 8.31. The summed E-state index contributed by atoms with van der Waals surface area (Å²) in [4.78, 5) is 27.3. The molecule has 0 saturated heterocycles. The van der Waals surface area contributed by atoms with Crippen LogP contribution in [0.1, 0.15) is 42.2 Å². The highest BCUT2D eigenvalue weighted by Crippen LogP contribution is 2.26. The number of hydrogen-bond donors (Lipinski definition) is 3. The maximum Gasteiger partial charge on any atom is 0.286 e. The van der Waals surface area contributed by atoms with Gasteiger partial charge in [0, 0.05) is 10.7 Å². The lowest BCUT2D eigenvalue weighted by Crippen LogP contribution is -2.45. The van der Waals surface area contributed by atoms with Crippen molar-refractivity contribution in [3.8, 4) is 0 Å². The zero-order valence-corrected chi connectivity index (χ0v) is 14.7. The molecule has 1 aromatic heterocycles. The molecule has 2 atom stereocenters. The van der Waals surface area contributed by atoms with Gasteiger partial charge in [-0.15, -0.1) is 0 Å². The van der Waals surface area contributed by atoms with Crippen LogP contribution in [0.5, 0.6) is 0 Å². The van der Waals surface area contributed by atoms with E-state index in [2.05, 4.69) is 31.8 Å². The Hall–Kier alpha value is -2.08. The second-order valence-electron chi connectivity index (χ2n) is 5.45. The minimum atomic E-state index is -0.389. The highest BCUT2D eigenvalue weighted by atomic mass is 79.9. The van der Waals surface area contributed by atoms with Gasteiger partial charge in [-0.2, -0.15) is 0 Å². The molecule has 0 aliphatic heterocycles. The summed E-state index contributed by atoms with van der Waals surface area (Å²) in [6, 6.07) is 11.2. The zero-order valence-electron chi connectivity index (χ0n) is 13.1. The Balaban J connectivity index is 2.05. The number of hydrazine groups is 1. The van der Waals surface area contributed by atoms with E-state index in [1.54, 1.807) is 12.3 Å². The van der Waals surface area contributed by atoms with Gasteiger partial charge in [-0.05, 0) is 33.5 Å². The molecule has 0 bridgehead atoms.